The van der Waals surface area contributed by atoms with Gasteiger partial charge in [0.1, 0.15) is 5.82 Å². The highest BCUT2D eigenvalue weighted by molar-refractivity contribution is 6.33. The third-order valence-corrected chi connectivity index (χ3v) is 6.74. The molecule has 0 N–H and O–H groups in total. The maximum atomic E-state index is 13.1. The SMILES string of the molecule is Cc1cccc(CN2CCN(C(=O)C3CCN(c4ncc(C(F)(F)F)cc4Cl)CC3)CC2)c1. The second kappa shape index (κ2) is 9.89. The van der Waals surface area contributed by atoms with Crippen molar-refractivity contribution in [2.24, 2.45) is 5.92 Å². The van der Waals surface area contributed by atoms with Crippen LogP contribution in [0.15, 0.2) is 36.5 Å². The number of benzene rings is 1. The Hall–Kier alpha value is -2.32. The summed E-state index contributed by atoms with van der Waals surface area (Å²) in [5.41, 5.74) is 1.68. The van der Waals surface area contributed by atoms with Crippen molar-refractivity contribution in [2.75, 3.05) is 44.2 Å². The Labute approximate surface area is 197 Å². The minimum atomic E-state index is -4.47. The van der Waals surface area contributed by atoms with Gasteiger partial charge in [0.2, 0.25) is 5.91 Å². The summed E-state index contributed by atoms with van der Waals surface area (Å²) >= 11 is 6.09. The summed E-state index contributed by atoms with van der Waals surface area (Å²) in [5.74, 6) is 0.453. The number of amides is 1. The van der Waals surface area contributed by atoms with Crippen LogP contribution in [0.25, 0.3) is 0 Å². The van der Waals surface area contributed by atoms with E-state index in [9.17, 15) is 18.0 Å². The third kappa shape index (κ3) is 5.79. The molecule has 0 atom stereocenters. The fourth-order valence-electron chi connectivity index (χ4n) is 4.61. The van der Waals surface area contributed by atoms with Gasteiger partial charge in [0.15, 0.2) is 0 Å². The summed E-state index contributed by atoms with van der Waals surface area (Å²) in [6.07, 6.45) is -2.38. The largest absolute Gasteiger partial charge is 0.417 e. The van der Waals surface area contributed by atoms with Gasteiger partial charge in [-0.15, -0.1) is 0 Å². The lowest BCUT2D eigenvalue weighted by Crippen LogP contribution is -2.51. The molecule has 2 saturated heterocycles. The number of alkyl halides is 3. The van der Waals surface area contributed by atoms with Crippen molar-refractivity contribution in [3.05, 3.63) is 58.2 Å². The van der Waals surface area contributed by atoms with Gasteiger partial charge >= 0.3 is 6.18 Å². The molecule has 0 aliphatic carbocycles. The van der Waals surface area contributed by atoms with Crippen molar-refractivity contribution < 1.29 is 18.0 Å². The van der Waals surface area contributed by atoms with E-state index in [2.05, 4.69) is 41.1 Å². The zero-order valence-corrected chi connectivity index (χ0v) is 19.4. The van der Waals surface area contributed by atoms with Crippen LogP contribution in [0.3, 0.4) is 0 Å². The number of piperazine rings is 1. The number of hydrogen-bond acceptors (Lipinski definition) is 4. The maximum absolute atomic E-state index is 13.1. The fraction of sp³-hybridized carbons (Fsp3) is 0.500. The Morgan fingerprint density at radius 3 is 2.39 bits per heavy atom. The first kappa shape index (κ1) is 23.8. The summed E-state index contributed by atoms with van der Waals surface area (Å²) in [7, 11) is 0. The summed E-state index contributed by atoms with van der Waals surface area (Å²) < 4.78 is 38.6. The van der Waals surface area contributed by atoms with Crippen molar-refractivity contribution in [1.29, 1.82) is 0 Å². The number of aryl methyl sites for hydroxylation is 1. The van der Waals surface area contributed by atoms with Crippen LogP contribution in [0.5, 0.6) is 0 Å². The normalized spacial score (nSPS) is 18.6. The molecule has 0 bridgehead atoms. The molecule has 5 nitrogen and oxygen atoms in total. The minimum absolute atomic E-state index is 0.0145. The Morgan fingerprint density at radius 1 is 1.09 bits per heavy atom. The average molecular weight is 481 g/mol. The molecule has 4 rings (SSSR count). The highest BCUT2D eigenvalue weighted by Crippen LogP contribution is 2.35. The number of aromatic nitrogens is 1. The molecule has 178 valence electrons. The molecule has 1 aromatic carbocycles. The van der Waals surface area contributed by atoms with Crippen LogP contribution in [0.2, 0.25) is 5.02 Å². The zero-order chi connectivity index (χ0) is 23.6. The quantitative estimate of drug-likeness (QED) is 0.640. The zero-order valence-electron chi connectivity index (χ0n) is 18.6. The van der Waals surface area contributed by atoms with E-state index in [4.69, 9.17) is 11.6 Å². The van der Waals surface area contributed by atoms with Gasteiger partial charge in [-0.3, -0.25) is 9.69 Å². The van der Waals surface area contributed by atoms with Crippen molar-refractivity contribution in [1.82, 2.24) is 14.8 Å². The Kier molecular flexibility index (Phi) is 7.14. The summed E-state index contributed by atoms with van der Waals surface area (Å²) in [5, 5.41) is -0.0145. The highest BCUT2D eigenvalue weighted by atomic mass is 35.5. The van der Waals surface area contributed by atoms with E-state index in [0.717, 1.165) is 45.0 Å². The monoisotopic (exact) mass is 480 g/mol. The molecule has 0 unspecified atom stereocenters. The number of anilines is 1. The second-order valence-corrected chi connectivity index (χ2v) is 9.29. The predicted octanol–water partition coefficient (Wildman–Crippen LogP) is 4.62. The summed E-state index contributed by atoms with van der Waals surface area (Å²) in [6, 6.07) is 9.41. The van der Waals surface area contributed by atoms with E-state index in [1.54, 1.807) is 0 Å². The highest BCUT2D eigenvalue weighted by Gasteiger charge is 2.34. The number of carbonyl (C=O) groups is 1. The number of hydrogen-bond donors (Lipinski definition) is 0. The lowest BCUT2D eigenvalue weighted by molar-refractivity contribution is -0.138. The summed E-state index contributed by atoms with van der Waals surface area (Å²) in [4.78, 5) is 23.2. The third-order valence-electron chi connectivity index (χ3n) is 6.47. The molecule has 3 heterocycles. The van der Waals surface area contributed by atoms with Crippen LogP contribution in [0.1, 0.15) is 29.5 Å². The van der Waals surface area contributed by atoms with E-state index in [0.29, 0.717) is 31.7 Å². The van der Waals surface area contributed by atoms with Gasteiger partial charge in [-0.05, 0) is 31.4 Å². The first-order chi connectivity index (χ1) is 15.7. The molecule has 0 spiro atoms. The van der Waals surface area contributed by atoms with E-state index in [-0.39, 0.29) is 16.8 Å². The molecule has 2 fully saturated rings. The van der Waals surface area contributed by atoms with E-state index in [1.807, 2.05) is 9.80 Å². The first-order valence-corrected chi connectivity index (χ1v) is 11.6. The maximum Gasteiger partial charge on any atom is 0.417 e. The molecular formula is C24H28ClF3N4O. The molecule has 0 saturated carbocycles. The Bertz CT molecular complexity index is 984. The molecule has 2 aliphatic heterocycles. The topological polar surface area (TPSA) is 39.7 Å². The minimum Gasteiger partial charge on any atom is -0.355 e. The number of nitrogens with zero attached hydrogens (tertiary/aromatic N) is 4. The van der Waals surface area contributed by atoms with Crippen LogP contribution in [0.4, 0.5) is 19.0 Å². The lowest BCUT2D eigenvalue weighted by Gasteiger charge is -2.39. The average Bonchev–Trinajstić information content (AvgIpc) is 2.79. The molecule has 9 heteroatoms. The van der Waals surface area contributed by atoms with Gasteiger partial charge in [0.25, 0.3) is 0 Å². The number of carbonyl (C=O) groups excluding carboxylic acids is 1. The van der Waals surface area contributed by atoms with Gasteiger partial charge in [-0.1, -0.05) is 41.4 Å². The predicted molar refractivity (Wildman–Crippen MR) is 122 cm³/mol. The van der Waals surface area contributed by atoms with Crippen LogP contribution in [0, 0.1) is 12.8 Å². The van der Waals surface area contributed by atoms with Gasteiger partial charge in [0.05, 0.1) is 10.6 Å². The van der Waals surface area contributed by atoms with Crippen LogP contribution in [-0.4, -0.2) is 60.0 Å². The molecular weight excluding hydrogens is 453 g/mol. The Morgan fingerprint density at radius 2 is 1.79 bits per heavy atom. The second-order valence-electron chi connectivity index (χ2n) is 8.88. The molecule has 2 aromatic rings. The summed E-state index contributed by atoms with van der Waals surface area (Å²) in [6.45, 7) is 7.21. The van der Waals surface area contributed by atoms with Crippen LogP contribution >= 0.6 is 11.6 Å². The van der Waals surface area contributed by atoms with Crippen molar-refractivity contribution in [3.63, 3.8) is 0 Å². The fourth-order valence-corrected chi connectivity index (χ4v) is 4.90. The number of piperidine rings is 1. The van der Waals surface area contributed by atoms with Gasteiger partial charge < -0.3 is 9.80 Å². The molecule has 0 radical (unpaired) electrons. The molecule has 1 amide bonds. The van der Waals surface area contributed by atoms with Crippen LogP contribution in [-0.2, 0) is 17.5 Å². The van der Waals surface area contributed by atoms with E-state index >= 15 is 0 Å². The van der Waals surface area contributed by atoms with Crippen molar-refractivity contribution >= 4 is 23.3 Å². The van der Waals surface area contributed by atoms with Crippen molar-refractivity contribution in [3.8, 4) is 0 Å². The number of rotatable bonds is 4. The van der Waals surface area contributed by atoms with Gasteiger partial charge in [-0.25, -0.2) is 4.98 Å². The smallest absolute Gasteiger partial charge is 0.355 e. The number of pyridine rings is 1. The Balaban J connectivity index is 1.27. The van der Waals surface area contributed by atoms with E-state index < -0.39 is 11.7 Å². The van der Waals surface area contributed by atoms with Crippen molar-refractivity contribution in [2.45, 2.75) is 32.5 Å². The van der Waals surface area contributed by atoms with Gasteiger partial charge in [-0.2, -0.15) is 13.2 Å². The first-order valence-electron chi connectivity index (χ1n) is 11.2. The lowest BCUT2D eigenvalue weighted by atomic mass is 9.95. The molecule has 33 heavy (non-hydrogen) atoms. The standard InChI is InChI=1S/C24H28ClF3N4O/c1-17-3-2-4-18(13-17)16-30-9-11-32(12-10-30)23(33)19-5-7-31(8-6-19)22-21(25)14-20(15-29-22)24(26,27)28/h2-4,13-15,19H,5-12,16H2,1H3. The molecule has 1 aromatic heterocycles. The molecule has 2 aliphatic rings. The van der Waals surface area contributed by atoms with E-state index in [1.165, 1.54) is 11.1 Å². The van der Waals surface area contributed by atoms with Gasteiger partial charge in [0, 0.05) is 57.9 Å². The van der Waals surface area contributed by atoms with Crippen LogP contribution < -0.4 is 4.90 Å². The number of halogens is 4.